The summed E-state index contributed by atoms with van der Waals surface area (Å²) in [5, 5.41) is 0. The van der Waals surface area contributed by atoms with Crippen molar-refractivity contribution in [2.45, 2.75) is 13.3 Å². The Labute approximate surface area is 87.5 Å². The van der Waals surface area contributed by atoms with Crippen molar-refractivity contribution < 1.29 is 9.53 Å². The molecule has 0 N–H and O–H groups in total. The van der Waals surface area contributed by atoms with Crippen molar-refractivity contribution in [1.29, 1.82) is 0 Å². The number of aromatic nitrogens is 2. The van der Waals surface area contributed by atoms with Gasteiger partial charge < -0.3 is 4.74 Å². The first-order valence-electron chi connectivity index (χ1n) is 4.82. The van der Waals surface area contributed by atoms with Crippen LogP contribution in [0.15, 0.2) is 24.4 Å². The molecule has 0 aliphatic carbocycles. The molecule has 0 aliphatic heterocycles. The number of imidazole rings is 1. The molecule has 0 fully saturated rings. The Kier molecular flexibility index (Phi) is 2.41. The molecule has 0 saturated carbocycles. The van der Waals surface area contributed by atoms with Gasteiger partial charge in [0.15, 0.2) is 11.5 Å². The predicted octanol–water partition coefficient (Wildman–Crippen LogP) is 1.94. The lowest BCUT2D eigenvalue weighted by molar-refractivity contribution is 0.0980. The van der Waals surface area contributed by atoms with E-state index in [2.05, 4.69) is 4.98 Å². The monoisotopic (exact) mass is 204 g/mol. The summed E-state index contributed by atoms with van der Waals surface area (Å²) >= 11 is 0. The van der Waals surface area contributed by atoms with E-state index < -0.39 is 0 Å². The van der Waals surface area contributed by atoms with Gasteiger partial charge in [-0.25, -0.2) is 4.98 Å². The van der Waals surface area contributed by atoms with E-state index in [9.17, 15) is 4.79 Å². The van der Waals surface area contributed by atoms with Gasteiger partial charge in [0.05, 0.1) is 7.11 Å². The molecule has 2 rings (SSSR count). The molecule has 78 valence electrons. The number of Topliss-reactive ketones (excluding diaryl/α,β-unsaturated/α-hetero) is 1. The second kappa shape index (κ2) is 3.73. The predicted molar refractivity (Wildman–Crippen MR) is 56.4 cm³/mol. The molecule has 0 aliphatic rings. The Bertz CT molecular complexity index is 502. The number of nitrogens with zero attached hydrogens (tertiary/aromatic N) is 2. The van der Waals surface area contributed by atoms with E-state index in [1.54, 1.807) is 11.5 Å². The summed E-state index contributed by atoms with van der Waals surface area (Å²) in [6.45, 7) is 1.81. The Balaban J connectivity index is 2.69. The maximum absolute atomic E-state index is 11.6. The number of methoxy groups -OCH3 is 1. The molecule has 2 aromatic rings. The first-order chi connectivity index (χ1) is 7.27. The van der Waals surface area contributed by atoms with Crippen LogP contribution in [-0.4, -0.2) is 22.3 Å². The lowest BCUT2D eigenvalue weighted by Crippen LogP contribution is -2.00. The van der Waals surface area contributed by atoms with Gasteiger partial charge in [0.25, 0.3) is 0 Å². The van der Waals surface area contributed by atoms with E-state index in [1.165, 1.54) is 0 Å². The molecule has 0 spiro atoms. The zero-order valence-corrected chi connectivity index (χ0v) is 8.73. The number of rotatable bonds is 3. The third-order valence-corrected chi connectivity index (χ3v) is 2.26. The number of fused-ring (bicyclic) bond motifs is 1. The quantitative estimate of drug-likeness (QED) is 0.717. The van der Waals surface area contributed by atoms with E-state index in [4.69, 9.17) is 4.74 Å². The molecule has 0 atom stereocenters. The van der Waals surface area contributed by atoms with Crippen molar-refractivity contribution >= 4 is 11.4 Å². The molecule has 0 unspecified atom stereocenters. The fraction of sp³-hybridized carbons (Fsp3) is 0.273. The molecule has 2 aromatic heterocycles. The molecular weight excluding hydrogens is 192 g/mol. The van der Waals surface area contributed by atoms with Gasteiger partial charge in [-0.1, -0.05) is 13.0 Å². The molecule has 0 saturated heterocycles. The molecule has 2 heterocycles. The van der Waals surface area contributed by atoms with Crippen LogP contribution in [0.1, 0.15) is 23.8 Å². The Morgan fingerprint density at radius 1 is 1.53 bits per heavy atom. The van der Waals surface area contributed by atoms with Crippen molar-refractivity contribution in [2.75, 3.05) is 7.11 Å². The van der Waals surface area contributed by atoms with E-state index >= 15 is 0 Å². The van der Waals surface area contributed by atoms with E-state index in [0.29, 0.717) is 18.0 Å². The lowest BCUT2D eigenvalue weighted by Gasteiger charge is -2.00. The van der Waals surface area contributed by atoms with Crippen molar-refractivity contribution in [2.24, 2.45) is 0 Å². The number of ether oxygens (including phenoxy) is 1. The van der Waals surface area contributed by atoms with Gasteiger partial charge in [-0.2, -0.15) is 0 Å². The van der Waals surface area contributed by atoms with Crippen LogP contribution in [-0.2, 0) is 0 Å². The standard InChI is InChI=1S/C11H12N2O2/c1-3-8(14)10-11(15-2)13-7-5-4-6-9(13)12-10/h4-7H,3H2,1-2H3. The van der Waals surface area contributed by atoms with E-state index in [1.807, 2.05) is 31.3 Å². The van der Waals surface area contributed by atoms with Crippen LogP contribution in [0.4, 0.5) is 0 Å². The number of ketones is 1. The highest BCUT2D eigenvalue weighted by Crippen LogP contribution is 2.21. The van der Waals surface area contributed by atoms with Crippen molar-refractivity contribution in [1.82, 2.24) is 9.38 Å². The summed E-state index contributed by atoms with van der Waals surface area (Å²) in [4.78, 5) is 15.8. The van der Waals surface area contributed by atoms with E-state index in [-0.39, 0.29) is 5.78 Å². The van der Waals surface area contributed by atoms with Crippen LogP contribution in [0, 0.1) is 0 Å². The second-order valence-electron chi connectivity index (χ2n) is 3.18. The minimum Gasteiger partial charge on any atom is -0.480 e. The minimum atomic E-state index is -0.00412. The van der Waals surface area contributed by atoms with Gasteiger partial charge in [0.1, 0.15) is 5.65 Å². The Morgan fingerprint density at radius 3 is 3.00 bits per heavy atom. The van der Waals surface area contributed by atoms with Gasteiger partial charge in [0, 0.05) is 12.6 Å². The summed E-state index contributed by atoms with van der Waals surface area (Å²) in [7, 11) is 1.54. The molecule has 0 aromatic carbocycles. The Hall–Kier alpha value is -1.84. The van der Waals surface area contributed by atoms with Crippen LogP contribution < -0.4 is 4.74 Å². The van der Waals surface area contributed by atoms with Crippen LogP contribution in [0.5, 0.6) is 5.88 Å². The topological polar surface area (TPSA) is 43.6 Å². The first kappa shape index (κ1) is 9.71. The zero-order chi connectivity index (χ0) is 10.8. The second-order valence-corrected chi connectivity index (χ2v) is 3.18. The van der Waals surface area contributed by atoms with Gasteiger partial charge in [-0.05, 0) is 12.1 Å². The normalized spacial score (nSPS) is 10.5. The highest BCUT2D eigenvalue weighted by molar-refractivity contribution is 5.97. The highest BCUT2D eigenvalue weighted by atomic mass is 16.5. The van der Waals surface area contributed by atoms with Crippen molar-refractivity contribution in [3.05, 3.63) is 30.1 Å². The highest BCUT2D eigenvalue weighted by Gasteiger charge is 2.17. The van der Waals surface area contributed by atoms with Crippen LogP contribution >= 0.6 is 0 Å². The van der Waals surface area contributed by atoms with Crippen LogP contribution in [0.3, 0.4) is 0 Å². The summed E-state index contributed by atoms with van der Waals surface area (Å²) in [5.41, 5.74) is 1.14. The zero-order valence-electron chi connectivity index (χ0n) is 8.73. The SMILES string of the molecule is CCC(=O)c1nc2ccccn2c1OC. The Morgan fingerprint density at radius 2 is 2.33 bits per heavy atom. The third kappa shape index (κ3) is 1.48. The average Bonchev–Trinajstić information content (AvgIpc) is 2.66. The minimum absolute atomic E-state index is 0.00412. The molecule has 15 heavy (non-hydrogen) atoms. The van der Waals surface area contributed by atoms with Gasteiger partial charge >= 0.3 is 0 Å². The van der Waals surface area contributed by atoms with Crippen LogP contribution in [0.25, 0.3) is 5.65 Å². The summed E-state index contributed by atoms with van der Waals surface area (Å²) in [6, 6.07) is 5.59. The summed E-state index contributed by atoms with van der Waals surface area (Å²) in [5.74, 6) is 0.507. The third-order valence-electron chi connectivity index (χ3n) is 2.26. The summed E-state index contributed by atoms with van der Waals surface area (Å²) < 4.78 is 6.97. The van der Waals surface area contributed by atoms with Gasteiger partial charge in [-0.3, -0.25) is 9.20 Å². The molecule has 0 amide bonds. The van der Waals surface area contributed by atoms with Crippen molar-refractivity contribution in [3.63, 3.8) is 0 Å². The van der Waals surface area contributed by atoms with Gasteiger partial charge in [0.2, 0.25) is 5.88 Å². The molecule has 4 heteroatoms. The number of carbonyl (C=O) groups excluding carboxylic acids is 1. The molecule has 0 bridgehead atoms. The largest absolute Gasteiger partial charge is 0.480 e. The summed E-state index contributed by atoms with van der Waals surface area (Å²) in [6.07, 6.45) is 2.26. The fourth-order valence-electron chi connectivity index (χ4n) is 1.52. The number of pyridine rings is 1. The van der Waals surface area contributed by atoms with Crippen molar-refractivity contribution in [3.8, 4) is 5.88 Å². The van der Waals surface area contributed by atoms with Gasteiger partial charge in [-0.15, -0.1) is 0 Å². The maximum atomic E-state index is 11.6. The molecule has 4 nitrogen and oxygen atoms in total. The fourth-order valence-corrected chi connectivity index (χ4v) is 1.52. The number of hydrogen-bond acceptors (Lipinski definition) is 3. The lowest BCUT2D eigenvalue weighted by atomic mass is 10.2. The smallest absolute Gasteiger partial charge is 0.229 e. The molecular formula is C11H12N2O2. The number of carbonyl (C=O) groups is 1. The van der Waals surface area contributed by atoms with E-state index in [0.717, 1.165) is 5.65 Å². The first-order valence-corrected chi connectivity index (χ1v) is 4.82. The van der Waals surface area contributed by atoms with Crippen LogP contribution in [0.2, 0.25) is 0 Å². The maximum Gasteiger partial charge on any atom is 0.229 e. The average molecular weight is 204 g/mol. The number of hydrogen-bond donors (Lipinski definition) is 0. The molecule has 0 radical (unpaired) electrons.